The van der Waals surface area contributed by atoms with Crippen LogP contribution in [0.5, 0.6) is 0 Å². The first-order valence-corrected chi connectivity index (χ1v) is 17.8. The highest BCUT2D eigenvalue weighted by atomic mass is 19.3. The van der Waals surface area contributed by atoms with Gasteiger partial charge in [0.15, 0.2) is 5.82 Å². The molecule has 276 valence electrons. The summed E-state index contributed by atoms with van der Waals surface area (Å²) in [5.41, 5.74) is 5.83. The van der Waals surface area contributed by atoms with Crippen LogP contribution in [0.1, 0.15) is 82.9 Å². The van der Waals surface area contributed by atoms with Gasteiger partial charge >= 0.3 is 5.97 Å². The molecule has 1 saturated heterocycles. The molecule has 5 aromatic rings. The molecule has 1 aromatic carbocycles. The fraction of sp³-hybridized carbons (Fsp3) is 0.444. The lowest BCUT2D eigenvalue weighted by Gasteiger charge is -2.33. The number of amides is 1. The number of carboxylic acids is 1. The van der Waals surface area contributed by atoms with Gasteiger partial charge in [-0.1, -0.05) is 5.21 Å². The van der Waals surface area contributed by atoms with E-state index in [-0.39, 0.29) is 29.6 Å². The van der Waals surface area contributed by atoms with Gasteiger partial charge in [-0.2, -0.15) is 10.2 Å². The molecule has 1 amide bonds. The molecule has 0 radical (unpaired) electrons. The molecule has 3 aliphatic heterocycles. The lowest BCUT2D eigenvalue weighted by atomic mass is 9.92. The highest BCUT2D eigenvalue weighted by Gasteiger charge is 2.35. The number of benzene rings is 1. The smallest absolute Gasteiger partial charge is 0.338 e. The van der Waals surface area contributed by atoms with Crippen molar-refractivity contribution in [1.29, 1.82) is 0 Å². The first kappa shape index (κ1) is 34.5. The van der Waals surface area contributed by atoms with E-state index < -0.39 is 12.4 Å². The Bertz CT molecular complexity index is 2150. The molecule has 17 heteroatoms. The van der Waals surface area contributed by atoms with Crippen LogP contribution >= 0.6 is 0 Å². The van der Waals surface area contributed by atoms with E-state index in [1.165, 1.54) is 12.4 Å². The third-order valence-corrected chi connectivity index (χ3v) is 10.5. The van der Waals surface area contributed by atoms with E-state index in [0.717, 1.165) is 72.8 Å². The molecular weight excluding hydrogens is 686 g/mol. The number of hydrogen-bond acceptors (Lipinski definition) is 10. The molecule has 0 unspecified atom stereocenters. The maximum Gasteiger partial charge on any atom is 0.338 e. The molecule has 3 aliphatic rings. The van der Waals surface area contributed by atoms with E-state index in [1.807, 2.05) is 17.2 Å². The maximum atomic E-state index is 14.6. The van der Waals surface area contributed by atoms with Crippen molar-refractivity contribution in [1.82, 2.24) is 54.3 Å². The number of halogens is 2. The van der Waals surface area contributed by atoms with Crippen molar-refractivity contribution >= 4 is 23.4 Å². The Kier molecular flexibility index (Phi) is 9.18. The lowest BCUT2D eigenvalue weighted by molar-refractivity contribution is -0.129. The zero-order chi connectivity index (χ0) is 36.8. The maximum absolute atomic E-state index is 14.6. The fourth-order valence-corrected chi connectivity index (χ4v) is 7.81. The third-order valence-electron chi connectivity index (χ3n) is 10.5. The van der Waals surface area contributed by atoms with E-state index in [9.17, 15) is 18.4 Å². The molecular formula is C36H40F2N12O3. The number of piperidine rings is 1. The molecule has 0 bridgehead atoms. The summed E-state index contributed by atoms with van der Waals surface area (Å²) >= 11 is 0. The number of nitrogens with zero attached hydrogens (tertiary/aromatic N) is 12. The summed E-state index contributed by atoms with van der Waals surface area (Å²) in [6.45, 7) is 5.82. The molecule has 4 aromatic heterocycles. The number of aromatic nitrogens is 9. The quantitative estimate of drug-likeness (QED) is 0.233. The molecule has 0 atom stereocenters. The van der Waals surface area contributed by atoms with Crippen molar-refractivity contribution in [2.75, 3.05) is 31.1 Å². The fourth-order valence-electron chi connectivity index (χ4n) is 7.81. The summed E-state index contributed by atoms with van der Waals surface area (Å²) in [6, 6.07) is 3.68. The van der Waals surface area contributed by atoms with Crippen LogP contribution in [-0.2, 0) is 44.3 Å². The van der Waals surface area contributed by atoms with Gasteiger partial charge in [-0.05, 0) is 48.9 Å². The number of carbonyl (C=O) groups excluding carboxylic acids is 1. The molecule has 1 fully saturated rings. The van der Waals surface area contributed by atoms with Gasteiger partial charge in [0.2, 0.25) is 5.91 Å². The molecule has 1 N–H and O–H groups in total. The van der Waals surface area contributed by atoms with Crippen molar-refractivity contribution in [3.63, 3.8) is 0 Å². The van der Waals surface area contributed by atoms with Gasteiger partial charge in [0.1, 0.15) is 12.4 Å². The second-order valence-electron chi connectivity index (χ2n) is 14.0. The molecule has 8 rings (SSSR count). The number of rotatable bonds is 9. The van der Waals surface area contributed by atoms with E-state index in [1.54, 1.807) is 41.8 Å². The van der Waals surface area contributed by atoms with Crippen LogP contribution in [0.15, 0.2) is 43.1 Å². The number of aromatic carboxylic acids is 1. The average Bonchev–Trinajstić information content (AvgIpc) is 3.89. The predicted molar refractivity (Wildman–Crippen MR) is 188 cm³/mol. The standard InChI is InChI=1S/C36H40F2N12O3/c1-22(51)47-11-7-31-30(20-47)35(49-8-3-4-23-12-28(25-16-41-45(2)17-25)29(34(37)38)13-32(23)49)43-50(31)27-5-9-46(10-6-27)18-26-19-48(44-42-26)21-33-39-14-24(15-40-33)36(52)53/h12-17,19,27,34H,3-11,18,20-21H2,1-2H3,(H,52,53). The van der Waals surface area contributed by atoms with Gasteiger partial charge in [-0.15, -0.1) is 5.10 Å². The molecule has 0 aliphatic carbocycles. The van der Waals surface area contributed by atoms with Gasteiger partial charge in [0.25, 0.3) is 6.43 Å². The van der Waals surface area contributed by atoms with Crippen LogP contribution < -0.4 is 4.90 Å². The van der Waals surface area contributed by atoms with Crippen molar-refractivity contribution in [2.24, 2.45) is 7.05 Å². The molecule has 15 nitrogen and oxygen atoms in total. The second kappa shape index (κ2) is 14.1. The summed E-state index contributed by atoms with van der Waals surface area (Å²) < 4.78 is 34.7. The molecule has 7 heterocycles. The average molecular weight is 727 g/mol. The number of hydrogen-bond donors (Lipinski definition) is 1. The second-order valence-corrected chi connectivity index (χ2v) is 14.0. The van der Waals surface area contributed by atoms with Crippen LogP contribution in [0, 0.1) is 0 Å². The van der Waals surface area contributed by atoms with Crippen LogP contribution in [0.4, 0.5) is 20.3 Å². The number of carboxylic acid groups (broad SMARTS) is 1. The Balaban J connectivity index is 1.02. The topological polar surface area (TPSA) is 156 Å². The predicted octanol–water partition coefficient (Wildman–Crippen LogP) is 4.18. The van der Waals surface area contributed by atoms with Crippen molar-refractivity contribution < 1.29 is 23.5 Å². The van der Waals surface area contributed by atoms with E-state index in [4.69, 9.17) is 10.2 Å². The Morgan fingerprint density at radius 2 is 1.79 bits per heavy atom. The Morgan fingerprint density at radius 1 is 1.00 bits per heavy atom. The van der Waals surface area contributed by atoms with Gasteiger partial charge in [-0.25, -0.2) is 28.2 Å². The minimum absolute atomic E-state index is 0.00310. The minimum Gasteiger partial charge on any atom is -0.478 e. The van der Waals surface area contributed by atoms with Gasteiger partial charge in [0.05, 0.1) is 36.2 Å². The van der Waals surface area contributed by atoms with E-state index in [0.29, 0.717) is 49.6 Å². The molecule has 0 spiro atoms. The Hall–Kier alpha value is -5.58. The van der Waals surface area contributed by atoms with Crippen molar-refractivity contribution in [3.8, 4) is 11.1 Å². The third kappa shape index (κ3) is 6.88. The monoisotopic (exact) mass is 726 g/mol. The number of fused-ring (bicyclic) bond motifs is 2. The minimum atomic E-state index is -2.67. The largest absolute Gasteiger partial charge is 0.478 e. The number of anilines is 2. The summed E-state index contributed by atoms with van der Waals surface area (Å²) in [7, 11) is 1.78. The molecule has 53 heavy (non-hydrogen) atoms. The normalized spacial score (nSPS) is 16.6. The van der Waals surface area contributed by atoms with Gasteiger partial charge < -0.3 is 14.9 Å². The van der Waals surface area contributed by atoms with Crippen molar-refractivity contribution in [3.05, 3.63) is 82.6 Å². The Morgan fingerprint density at radius 3 is 2.49 bits per heavy atom. The van der Waals surface area contributed by atoms with E-state index >= 15 is 0 Å². The Labute approximate surface area is 303 Å². The van der Waals surface area contributed by atoms with E-state index in [2.05, 4.69) is 39.9 Å². The van der Waals surface area contributed by atoms with Gasteiger partial charge in [-0.3, -0.25) is 19.1 Å². The summed E-state index contributed by atoms with van der Waals surface area (Å²) in [4.78, 5) is 38.2. The first-order valence-electron chi connectivity index (χ1n) is 17.8. The lowest BCUT2D eigenvalue weighted by Crippen LogP contribution is -2.37. The number of aryl methyl sites for hydroxylation is 2. The highest BCUT2D eigenvalue weighted by Crippen LogP contribution is 2.43. The number of carbonyl (C=O) groups is 2. The van der Waals surface area contributed by atoms with Crippen LogP contribution in [0.2, 0.25) is 0 Å². The van der Waals surface area contributed by atoms with Crippen molar-refractivity contribution in [2.45, 2.75) is 71.1 Å². The highest BCUT2D eigenvalue weighted by molar-refractivity contribution is 5.86. The SMILES string of the molecule is CC(=O)N1CCc2c(c(N3CCCc4cc(-c5cnn(C)c5)c(C(F)F)cc43)nn2C2CCN(Cc3cn(Cc4ncc(C(=O)O)cn4)nn3)CC2)C1. The number of alkyl halides is 2. The zero-order valence-electron chi connectivity index (χ0n) is 29.6. The summed E-state index contributed by atoms with van der Waals surface area (Å²) in [6.07, 6.45) is 9.15. The summed E-state index contributed by atoms with van der Waals surface area (Å²) in [5, 5.41) is 27.1. The van der Waals surface area contributed by atoms with Crippen LogP contribution in [0.25, 0.3) is 11.1 Å². The van der Waals surface area contributed by atoms with Gasteiger partial charge in [0, 0.05) is 99.8 Å². The van der Waals surface area contributed by atoms with Crippen LogP contribution in [0.3, 0.4) is 0 Å². The summed E-state index contributed by atoms with van der Waals surface area (Å²) in [5.74, 6) is 0.119. The van der Waals surface area contributed by atoms with Crippen LogP contribution in [-0.4, -0.2) is 97.5 Å². The molecule has 0 saturated carbocycles. The first-order chi connectivity index (χ1) is 25.6. The number of likely N-dealkylation sites (tertiary alicyclic amines) is 1. The zero-order valence-corrected chi connectivity index (χ0v) is 29.6.